The first-order valence-corrected chi connectivity index (χ1v) is 14.9. The van der Waals surface area contributed by atoms with Gasteiger partial charge in [-0.15, -0.1) is 11.3 Å². The number of hydrogen-bond donors (Lipinski definition) is 1. The Morgan fingerprint density at radius 1 is 1.13 bits per heavy atom. The summed E-state index contributed by atoms with van der Waals surface area (Å²) in [6.45, 7) is 8.35. The number of nitrogens with zero attached hydrogens (tertiary/aromatic N) is 3. The number of ether oxygens (including phenoxy) is 1. The van der Waals surface area contributed by atoms with Crippen molar-refractivity contribution in [3.8, 4) is 27.4 Å². The molecule has 8 heteroatoms. The van der Waals surface area contributed by atoms with Crippen LogP contribution in [0.5, 0.6) is 5.75 Å². The first kappa shape index (κ1) is 26.1. The van der Waals surface area contributed by atoms with Crippen molar-refractivity contribution in [2.75, 3.05) is 26.8 Å². The van der Waals surface area contributed by atoms with E-state index in [4.69, 9.17) is 4.74 Å². The lowest BCUT2D eigenvalue weighted by molar-refractivity contribution is 0.0578. The van der Waals surface area contributed by atoms with Crippen molar-refractivity contribution in [1.82, 2.24) is 14.4 Å². The Morgan fingerprint density at radius 2 is 1.95 bits per heavy atom. The molecule has 206 valence electrons. The molecule has 3 aliphatic rings. The van der Waals surface area contributed by atoms with E-state index in [1.54, 1.807) is 23.3 Å². The number of thiophene rings is 1. The summed E-state index contributed by atoms with van der Waals surface area (Å²) < 4.78 is 7.97. The smallest absolute Gasteiger partial charge is 0.271 e. The molecule has 0 bridgehead atoms. The van der Waals surface area contributed by atoms with E-state index in [-0.39, 0.29) is 30.0 Å². The molecule has 0 aliphatic carbocycles. The second-order valence-corrected chi connectivity index (χ2v) is 12.8. The minimum absolute atomic E-state index is 0.0382. The molecule has 1 aromatic carbocycles. The first-order chi connectivity index (χ1) is 18.7. The Morgan fingerprint density at radius 3 is 2.64 bits per heavy atom. The highest BCUT2D eigenvalue weighted by atomic mass is 32.1. The number of methoxy groups -OCH3 is 1. The topological polar surface area (TPSA) is 75.0 Å². The number of amides is 2. The van der Waals surface area contributed by atoms with Gasteiger partial charge in [0.05, 0.1) is 31.0 Å². The highest BCUT2D eigenvalue weighted by Crippen LogP contribution is 2.47. The maximum atomic E-state index is 14.2. The van der Waals surface area contributed by atoms with E-state index in [2.05, 4.69) is 42.9 Å². The van der Waals surface area contributed by atoms with E-state index in [0.29, 0.717) is 24.4 Å². The van der Waals surface area contributed by atoms with Crippen molar-refractivity contribution in [1.29, 1.82) is 0 Å². The third kappa shape index (κ3) is 4.19. The average molecular weight is 548 g/mol. The molecule has 0 unspecified atom stereocenters. The highest BCUT2D eigenvalue weighted by Gasteiger charge is 2.39. The van der Waals surface area contributed by atoms with Crippen LogP contribution in [0.4, 0.5) is 0 Å². The Bertz CT molecular complexity index is 1430. The molecule has 7 nitrogen and oxygen atoms in total. The minimum Gasteiger partial charge on any atom is -0.496 e. The zero-order chi connectivity index (χ0) is 27.5. The fourth-order valence-electron chi connectivity index (χ4n) is 6.70. The lowest BCUT2D eigenvalue weighted by Crippen LogP contribution is -2.46. The SMILES string of the molecule is COc1cc2c(cc1C(=O)N1CCC[C@H]1CO)-c1c(-c3cccs3)c3c(n1CC2)C(=O)N(C(C)(C)C)CCC3. The van der Waals surface area contributed by atoms with Crippen LogP contribution in [0.25, 0.3) is 21.7 Å². The molecule has 1 N–H and O–H groups in total. The number of fused-ring (bicyclic) bond motifs is 5. The van der Waals surface area contributed by atoms with Gasteiger partial charge < -0.3 is 24.2 Å². The fourth-order valence-corrected chi connectivity index (χ4v) is 7.50. The summed E-state index contributed by atoms with van der Waals surface area (Å²) in [4.78, 5) is 32.9. The molecule has 1 atom stereocenters. The molecular formula is C31H37N3O4S. The molecule has 1 fully saturated rings. The summed E-state index contributed by atoms with van der Waals surface area (Å²) >= 11 is 1.69. The van der Waals surface area contributed by atoms with Crippen molar-refractivity contribution in [2.24, 2.45) is 0 Å². The van der Waals surface area contributed by atoms with Crippen LogP contribution < -0.4 is 4.74 Å². The Kier molecular flexibility index (Phi) is 6.58. The lowest BCUT2D eigenvalue weighted by atomic mass is 9.91. The van der Waals surface area contributed by atoms with Crippen LogP contribution in [0.2, 0.25) is 0 Å². The van der Waals surface area contributed by atoms with Gasteiger partial charge in [0, 0.05) is 41.2 Å². The van der Waals surface area contributed by atoms with Crippen LogP contribution in [-0.4, -0.2) is 69.7 Å². The van der Waals surface area contributed by atoms with E-state index in [0.717, 1.165) is 77.2 Å². The summed E-state index contributed by atoms with van der Waals surface area (Å²) in [5, 5.41) is 12.0. The van der Waals surface area contributed by atoms with Crippen LogP contribution in [0.1, 0.15) is 72.0 Å². The normalized spacial score (nSPS) is 19.0. The summed E-state index contributed by atoms with van der Waals surface area (Å²) in [6, 6.07) is 8.02. The molecule has 0 spiro atoms. The predicted molar refractivity (Wildman–Crippen MR) is 154 cm³/mol. The fraction of sp³-hybridized carbons (Fsp3) is 0.484. The van der Waals surface area contributed by atoms with Gasteiger partial charge in [-0.1, -0.05) is 6.07 Å². The van der Waals surface area contributed by atoms with Gasteiger partial charge in [-0.05, 0) is 87.6 Å². The molecule has 0 radical (unpaired) electrons. The Labute approximate surface area is 234 Å². The third-order valence-electron chi connectivity index (χ3n) is 8.56. The second-order valence-electron chi connectivity index (χ2n) is 11.8. The summed E-state index contributed by atoms with van der Waals surface area (Å²) in [6.07, 6.45) is 4.19. The molecule has 3 aliphatic heterocycles. The van der Waals surface area contributed by atoms with Gasteiger partial charge in [0.2, 0.25) is 0 Å². The Balaban J connectivity index is 1.58. The van der Waals surface area contributed by atoms with Crippen molar-refractivity contribution < 1.29 is 19.4 Å². The minimum atomic E-state index is -0.273. The number of benzene rings is 1. The number of carbonyl (C=O) groups is 2. The third-order valence-corrected chi connectivity index (χ3v) is 9.45. The second kappa shape index (κ2) is 9.82. The van der Waals surface area contributed by atoms with Crippen LogP contribution in [0.3, 0.4) is 0 Å². The standard InChI is InChI=1S/C31H37N3O4S/c1-31(2,3)34-13-6-9-21-26(25-10-7-15-39-25)27-22-17-23(29(36)32-12-5-8-20(32)18-35)24(38-4)16-19(22)11-14-33(27)28(21)30(34)37/h7,10,15-17,20,35H,5-6,8-9,11-14,18H2,1-4H3/t20-/m0/s1. The molecule has 1 saturated heterocycles. The highest BCUT2D eigenvalue weighted by molar-refractivity contribution is 7.13. The lowest BCUT2D eigenvalue weighted by Gasteiger charge is -2.35. The number of hydrogen-bond acceptors (Lipinski definition) is 5. The number of likely N-dealkylation sites (tertiary alicyclic amines) is 1. The van der Waals surface area contributed by atoms with E-state index < -0.39 is 0 Å². The van der Waals surface area contributed by atoms with Crippen LogP contribution >= 0.6 is 11.3 Å². The molecule has 2 aromatic heterocycles. The number of aliphatic hydroxyl groups is 1. The number of aryl methyl sites for hydroxylation is 1. The molecule has 6 rings (SSSR count). The van der Waals surface area contributed by atoms with Gasteiger partial charge in [-0.3, -0.25) is 9.59 Å². The van der Waals surface area contributed by atoms with Gasteiger partial charge in [0.15, 0.2) is 0 Å². The van der Waals surface area contributed by atoms with Crippen molar-refractivity contribution in [3.63, 3.8) is 0 Å². The number of aliphatic hydroxyl groups excluding tert-OH is 1. The molecule has 0 saturated carbocycles. The van der Waals surface area contributed by atoms with Gasteiger partial charge >= 0.3 is 0 Å². The molecule has 5 heterocycles. The summed E-state index contributed by atoms with van der Waals surface area (Å²) in [7, 11) is 1.61. The molecule has 2 amide bonds. The molecule has 3 aromatic rings. The molecular weight excluding hydrogens is 510 g/mol. The maximum absolute atomic E-state index is 14.2. The summed E-state index contributed by atoms with van der Waals surface area (Å²) in [5.74, 6) is 0.552. The van der Waals surface area contributed by atoms with Crippen LogP contribution in [-0.2, 0) is 19.4 Å². The van der Waals surface area contributed by atoms with Crippen LogP contribution in [0, 0.1) is 0 Å². The zero-order valence-corrected chi connectivity index (χ0v) is 24.1. The van der Waals surface area contributed by atoms with Crippen molar-refractivity contribution in [2.45, 2.75) is 71.0 Å². The van der Waals surface area contributed by atoms with E-state index in [1.807, 2.05) is 17.0 Å². The maximum Gasteiger partial charge on any atom is 0.271 e. The van der Waals surface area contributed by atoms with E-state index >= 15 is 0 Å². The van der Waals surface area contributed by atoms with Crippen molar-refractivity contribution >= 4 is 23.2 Å². The number of carbonyl (C=O) groups excluding carboxylic acids is 2. The zero-order valence-electron chi connectivity index (χ0n) is 23.2. The molecule has 39 heavy (non-hydrogen) atoms. The number of rotatable bonds is 4. The quantitative estimate of drug-likeness (QED) is 0.485. The van der Waals surface area contributed by atoms with Crippen LogP contribution in [0.15, 0.2) is 29.6 Å². The monoisotopic (exact) mass is 547 g/mol. The van der Waals surface area contributed by atoms with Crippen molar-refractivity contribution in [3.05, 3.63) is 52.0 Å². The first-order valence-electron chi connectivity index (χ1n) is 14.0. The predicted octanol–water partition coefficient (Wildman–Crippen LogP) is 5.23. The van der Waals surface area contributed by atoms with Gasteiger partial charge in [0.25, 0.3) is 11.8 Å². The van der Waals surface area contributed by atoms with E-state index in [1.165, 1.54) is 0 Å². The Hall–Kier alpha value is -3.10. The average Bonchev–Trinajstić information content (AvgIpc) is 3.65. The summed E-state index contributed by atoms with van der Waals surface area (Å²) in [5.41, 5.74) is 6.45. The largest absolute Gasteiger partial charge is 0.496 e. The van der Waals surface area contributed by atoms with Gasteiger partial charge in [0.1, 0.15) is 11.4 Å². The number of aromatic nitrogens is 1. The van der Waals surface area contributed by atoms with Gasteiger partial charge in [-0.25, -0.2) is 0 Å². The van der Waals surface area contributed by atoms with Gasteiger partial charge in [-0.2, -0.15) is 0 Å². The van der Waals surface area contributed by atoms with E-state index in [9.17, 15) is 14.7 Å².